The van der Waals surface area contributed by atoms with Gasteiger partial charge in [-0.15, -0.1) is 11.3 Å². The molecule has 1 saturated heterocycles. The Hall–Kier alpha value is -1.31. The molecular formula is C15H19N5Na2O10S2. The van der Waals surface area contributed by atoms with Gasteiger partial charge in [-0.2, -0.15) is 8.42 Å². The van der Waals surface area contributed by atoms with E-state index in [0.717, 1.165) is 18.3 Å². The number of thiazole rings is 1. The molecule has 2 atom stereocenters. The Morgan fingerprint density at radius 3 is 2.38 bits per heavy atom. The minimum atomic E-state index is -5.00. The van der Waals surface area contributed by atoms with Crippen LogP contribution < -0.4 is 11.1 Å². The average molecular weight is 539 g/mol. The summed E-state index contributed by atoms with van der Waals surface area (Å²) in [6, 6.07) is -2.97. The van der Waals surface area contributed by atoms with E-state index in [1.54, 1.807) is 0 Å². The molecule has 1 aliphatic heterocycles. The number of amides is 2. The van der Waals surface area contributed by atoms with E-state index in [1.165, 1.54) is 19.2 Å². The summed E-state index contributed by atoms with van der Waals surface area (Å²) in [5.74, 6) is -4.49. The molecule has 15 nitrogen and oxygen atoms in total. The number of carbonyl (C=O) groups excluding carboxylic acids is 3. The first-order valence-corrected chi connectivity index (χ1v) is 10.9. The van der Waals surface area contributed by atoms with Crippen molar-refractivity contribution in [2.75, 3.05) is 12.3 Å². The molecule has 2 rings (SSSR count). The van der Waals surface area contributed by atoms with Gasteiger partial charge in [0.05, 0.1) is 0 Å². The predicted molar refractivity (Wildman–Crippen MR) is 118 cm³/mol. The van der Waals surface area contributed by atoms with Crippen molar-refractivity contribution in [3.05, 3.63) is 11.1 Å². The van der Waals surface area contributed by atoms with Crippen molar-refractivity contribution in [3.8, 4) is 0 Å². The second kappa shape index (κ2) is 12.6. The minimum absolute atomic E-state index is 0. The molecule has 1 aliphatic rings. The van der Waals surface area contributed by atoms with Crippen LogP contribution in [0.4, 0.5) is 5.13 Å². The summed E-state index contributed by atoms with van der Waals surface area (Å²) in [6.07, 6.45) is 0. The Morgan fingerprint density at radius 1 is 1.35 bits per heavy atom. The molecule has 2 amide bonds. The Bertz CT molecular complexity index is 1090. The normalized spacial score (nSPS) is 18.1. The molecule has 0 spiro atoms. The molecule has 0 aliphatic carbocycles. The number of carbonyl (C=O) groups is 4. The van der Waals surface area contributed by atoms with E-state index in [2.05, 4.69) is 15.5 Å². The van der Waals surface area contributed by atoms with Gasteiger partial charge < -0.3 is 25.7 Å². The van der Waals surface area contributed by atoms with E-state index in [4.69, 9.17) is 20.4 Å². The van der Waals surface area contributed by atoms with Crippen LogP contribution in [0.25, 0.3) is 0 Å². The Balaban J connectivity index is 0.00000544. The predicted octanol–water partition coefficient (Wildman–Crippen LogP) is -2.39. The van der Waals surface area contributed by atoms with Gasteiger partial charge in [-0.1, -0.05) is 5.16 Å². The van der Waals surface area contributed by atoms with Gasteiger partial charge in [-0.05, 0) is 13.8 Å². The Kier molecular flexibility index (Phi) is 12.1. The fourth-order valence-corrected chi connectivity index (χ4v) is 3.75. The first-order chi connectivity index (χ1) is 14.6. The van der Waals surface area contributed by atoms with E-state index in [9.17, 15) is 32.1 Å². The molecule has 19 heteroatoms. The molecule has 5 N–H and O–H groups in total. The van der Waals surface area contributed by atoms with Crippen molar-refractivity contribution in [1.29, 1.82) is 0 Å². The average Bonchev–Trinajstić information content (AvgIpc) is 3.07. The van der Waals surface area contributed by atoms with E-state index in [1.807, 2.05) is 0 Å². The number of ether oxygens (including phenoxy) is 1. The summed E-state index contributed by atoms with van der Waals surface area (Å²) in [5.41, 5.74) is 3.04. The standard InChI is InChI=1S/C15H19N5O10S2.2Na/c1-6(21)29-4-8-10(12(23)20(8)32(26,27)28)18-11(22)9(7-5-31-14(16)17-7)19-30-15(2,3)13(24)25;;/h5,8,10H,4H2,1-3H3,(H2,16,17)(H,18,22)(H,24,25)(H,26,27,28);;/t8-,10+;;/m1../s1. The van der Waals surface area contributed by atoms with Crippen molar-refractivity contribution < 1.29 is 46.8 Å². The summed E-state index contributed by atoms with van der Waals surface area (Å²) in [6.45, 7) is 2.71. The summed E-state index contributed by atoms with van der Waals surface area (Å²) in [7, 11) is -5.00. The monoisotopic (exact) mass is 539 g/mol. The van der Waals surface area contributed by atoms with Gasteiger partial charge in [0.1, 0.15) is 24.4 Å². The maximum atomic E-state index is 12.8. The zero-order chi connectivity index (χ0) is 24.4. The number of rotatable bonds is 9. The number of anilines is 1. The van der Waals surface area contributed by atoms with Gasteiger partial charge >= 0.3 is 22.2 Å². The van der Waals surface area contributed by atoms with Crippen LogP contribution in [-0.4, -0.2) is 140 Å². The molecule has 2 heterocycles. The molecule has 1 aromatic heterocycles. The summed E-state index contributed by atoms with van der Waals surface area (Å²) < 4.78 is 36.8. The van der Waals surface area contributed by atoms with Crippen LogP contribution in [0.3, 0.4) is 0 Å². The second-order valence-corrected chi connectivity index (χ2v) is 9.03. The summed E-state index contributed by atoms with van der Waals surface area (Å²) in [4.78, 5) is 56.1. The Labute approximate surface area is 241 Å². The number of hydrogen-bond acceptors (Lipinski definition) is 12. The van der Waals surface area contributed by atoms with Crippen molar-refractivity contribution in [2.45, 2.75) is 38.5 Å². The van der Waals surface area contributed by atoms with Crippen LogP contribution in [0.2, 0.25) is 0 Å². The molecule has 0 unspecified atom stereocenters. The maximum absolute atomic E-state index is 12.8. The van der Waals surface area contributed by atoms with Crippen LogP contribution in [-0.2, 0) is 39.1 Å². The molecule has 2 radical (unpaired) electrons. The number of aromatic nitrogens is 1. The topological polar surface area (TPSA) is 228 Å². The maximum Gasteiger partial charge on any atom is 0.362 e. The second-order valence-electron chi connectivity index (χ2n) is 6.85. The number of carboxylic acid groups (broad SMARTS) is 1. The largest absolute Gasteiger partial charge is 0.478 e. The van der Waals surface area contributed by atoms with Gasteiger partial charge in [-0.25, -0.2) is 14.1 Å². The van der Waals surface area contributed by atoms with Gasteiger partial charge in [0.25, 0.3) is 11.8 Å². The number of esters is 1. The van der Waals surface area contributed by atoms with Crippen molar-refractivity contribution in [1.82, 2.24) is 14.6 Å². The summed E-state index contributed by atoms with van der Waals surface area (Å²) >= 11 is 0.934. The number of aliphatic carboxylic acids is 1. The number of nitrogens with zero attached hydrogens (tertiary/aromatic N) is 3. The third-order valence-electron chi connectivity index (χ3n) is 4.02. The number of carboxylic acids is 1. The fourth-order valence-electron chi connectivity index (χ4n) is 2.34. The van der Waals surface area contributed by atoms with Crippen molar-refractivity contribution in [2.24, 2.45) is 5.16 Å². The number of oxime groups is 1. The minimum Gasteiger partial charge on any atom is -0.478 e. The molecule has 1 aromatic rings. The quantitative estimate of drug-likeness (QED) is 0.0643. The fraction of sp³-hybridized carbons (Fsp3) is 0.467. The van der Waals surface area contributed by atoms with E-state index in [0.29, 0.717) is 0 Å². The molecule has 0 bridgehead atoms. The molecule has 1 fully saturated rings. The first kappa shape index (κ1) is 32.7. The van der Waals surface area contributed by atoms with Gasteiger partial charge in [0.2, 0.25) is 5.60 Å². The molecule has 34 heavy (non-hydrogen) atoms. The number of nitrogen functional groups attached to an aromatic ring is 1. The number of β-lactam (4-membered cyclic amide) rings is 1. The first-order valence-electron chi connectivity index (χ1n) is 8.61. The molecular weight excluding hydrogens is 520 g/mol. The van der Waals surface area contributed by atoms with E-state index in [-0.39, 0.29) is 74.2 Å². The third-order valence-corrected chi connectivity index (χ3v) is 5.64. The van der Waals surface area contributed by atoms with Crippen molar-refractivity contribution in [3.63, 3.8) is 0 Å². The Morgan fingerprint density at radius 2 is 1.94 bits per heavy atom. The van der Waals surface area contributed by atoms with Gasteiger partial charge in [0, 0.05) is 71.4 Å². The van der Waals surface area contributed by atoms with E-state index >= 15 is 0 Å². The number of nitrogens with two attached hydrogens (primary N) is 1. The van der Waals surface area contributed by atoms with Gasteiger partial charge in [0.15, 0.2) is 10.8 Å². The smallest absolute Gasteiger partial charge is 0.362 e. The molecule has 178 valence electrons. The molecule has 0 saturated carbocycles. The zero-order valence-electron chi connectivity index (χ0n) is 18.8. The van der Waals surface area contributed by atoms with Crippen LogP contribution >= 0.6 is 11.3 Å². The van der Waals surface area contributed by atoms with Crippen LogP contribution in [0, 0.1) is 0 Å². The van der Waals surface area contributed by atoms with Gasteiger partial charge in [-0.3, -0.25) is 18.9 Å². The van der Waals surface area contributed by atoms with Crippen LogP contribution in [0.15, 0.2) is 10.5 Å². The molecule has 0 aromatic carbocycles. The van der Waals surface area contributed by atoms with Crippen LogP contribution in [0.5, 0.6) is 0 Å². The zero-order valence-corrected chi connectivity index (χ0v) is 24.5. The van der Waals surface area contributed by atoms with Crippen LogP contribution in [0.1, 0.15) is 26.5 Å². The van der Waals surface area contributed by atoms with E-state index < -0.39 is 64.1 Å². The SMILES string of the molecule is CC(=O)OC[C@@H]1[C@H](NC(=O)C(=NOC(C)(C)C(=O)O)c2csc(N)n2)C(=O)N1S(=O)(=O)O.[Na].[Na]. The van der Waals surface area contributed by atoms with Crippen molar-refractivity contribution >= 4 is 115 Å². The number of hydrogen-bond donors (Lipinski definition) is 4. The third kappa shape index (κ3) is 7.85. The summed E-state index contributed by atoms with van der Waals surface area (Å²) in [5, 5.41) is 16.2. The number of nitrogens with one attached hydrogen (secondary N) is 1.